The molecule has 4 aromatic rings. The first-order valence-electron chi connectivity index (χ1n) is 10.1. The molecule has 0 spiro atoms. The monoisotopic (exact) mass is 430 g/mol. The third-order valence-electron chi connectivity index (χ3n) is 5.46. The van der Waals surface area contributed by atoms with Crippen LogP contribution in [0.1, 0.15) is 38.7 Å². The first kappa shape index (κ1) is 19.7. The van der Waals surface area contributed by atoms with Crippen molar-refractivity contribution in [3.05, 3.63) is 89.3 Å². The number of para-hydroxylation sites is 1. The zero-order valence-electron chi connectivity index (χ0n) is 17.0. The number of hydrogen-bond acceptors (Lipinski definition) is 4. The van der Waals surface area contributed by atoms with E-state index in [0.717, 1.165) is 30.5 Å². The van der Waals surface area contributed by atoms with Crippen LogP contribution in [0.3, 0.4) is 0 Å². The number of carbonyl (C=O) groups excluding carboxylic acids is 2. The molecular formula is C23H19FN6O2. The van der Waals surface area contributed by atoms with Crippen molar-refractivity contribution in [3.63, 3.8) is 0 Å². The number of nitrogens with two attached hydrogens (primary N) is 1. The molecule has 0 unspecified atom stereocenters. The number of primary amides is 1. The fourth-order valence-electron chi connectivity index (χ4n) is 3.93. The highest BCUT2D eigenvalue weighted by atomic mass is 19.1. The van der Waals surface area contributed by atoms with Crippen molar-refractivity contribution in [2.24, 2.45) is 5.73 Å². The lowest BCUT2D eigenvalue weighted by Crippen LogP contribution is -2.15. The van der Waals surface area contributed by atoms with Crippen LogP contribution in [0, 0.1) is 5.82 Å². The number of rotatable bonds is 5. The van der Waals surface area contributed by atoms with E-state index in [9.17, 15) is 14.0 Å². The molecule has 1 aliphatic rings. The molecule has 3 N–H and O–H groups in total. The Hall–Kier alpha value is -4.27. The SMILES string of the molecule is NC(=O)c1ccn(-c2ccc(NC(=O)c3nn(-c4ccccc4F)c4c3CCC4)cc2)n1. The summed E-state index contributed by atoms with van der Waals surface area (Å²) >= 11 is 0. The summed E-state index contributed by atoms with van der Waals surface area (Å²) in [6.07, 6.45) is 4.00. The molecule has 1 aliphatic carbocycles. The number of carbonyl (C=O) groups is 2. The molecule has 0 saturated heterocycles. The van der Waals surface area contributed by atoms with Crippen molar-refractivity contribution >= 4 is 17.5 Å². The number of fused-ring (bicyclic) bond motifs is 1. The lowest BCUT2D eigenvalue weighted by atomic mass is 10.2. The molecule has 0 bridgehead atoms. The van der Waals surface area contributed by atoms with Crippen LogP contribution in [0.25, 0.3) is 11.4 Å². The minimum absolute atomic E-state index is 0.168. The van der Waals surface area contributed by atoms with E-state index < -0.39 is 5.91 Å². The lowest BCUT2D eigenvalue weighted by Gasteiger charge is -2.07. The normalized spacial score (nSPS) is 12.5. The van der Waals surface area contributed by atoms with E-state index in [-0.39, 0.29) is 17.4 Å². The predicted molar refractivity (Wildman–Crippen MR) is 116 cm³/mol. The summed E-state index contributed by atoms with van der Waals surface area (Å²) in [6, 6.07) is 14.9. The minimum Gasteiger partial charge on any atom is -0.364 e. The molecule has 2 aromatic carbocycles. The van der Waals surface area contributed by atoms with Gasteiger partial charge in [-0.3, -0.25) is 9.59 Å². The number of aromatic nitrogens is 4. The predicted octanol–water partition coefficient (Wildman–Crippen LogP) is 3.04. The fraction of sp³-hybridized carbons (Fsp3) is 0.130. The van der Waals surface area contributed by atoms with E-state index in [4.69, 9.17) is 5.73 Å². The molecule has 0 fully saturated rings. The molecule has 9 heteroatoms. The van der Waals surface area contributed by atoms with E-state index in [1.807, 2.05) is 0 Å². The molecule has 0 aliphatic heterocycles. The highest BCUT2D eigenvalue weighted by Crippen LogP contribution is 2.29. The molecule has 8 nitrogen and oxygen atoms in total. The van der Waals surface area contributed by atoms with Gasteiger partial charge in [0.25, 0.3) is 11.8 Å². The molecule has 5 rings (SSSR count). The van der Waals surface area contributed by atoms with Gasteiger partial charge in [0.2, 0.25) is 0 Å². The second-order valence-corrected chi connectivity index (χ2v) is 7.50. The zero-order valence-corrected chi connectivity index (χ0v) is 17.0. The number of benzene rings is 2. The van der Waals surface area contributed by atoms with Crippen molar-refractivity contribution in [1.82, 2.24) is 19.6 Å². The highest BCUT2D eigenvalue weighted by molar-refractivity contribution is 6.04. The second kappa shape index (κ2) is 7.77. The number of hydrogen-bond donors (Lipinski definition) is 2. The molecule has 0 radical (unpaired) electrons. The highest BCUT2D eigenvalue weighted by Gasteiger charge is 2.27. The Kier molecular flexibility index (Phi) is 4.78. The number of nitrogens with zero attached hydrogens (tertiary/aromatic N) is 4. The van der Waals surface area contributed by atoms with Gasteiger partial charge in [-0.05, 0) is 61.7 Å². The molecule has 2 amide bonds. The summed E-state index contributed by atoms with van der Waals surface area (Å²) in [5.41, 5.74) is 9.07. The van der Waals surface area contributed by atoms with Gasteiger partial charge in [0.05, 0.1) is 5.69 Å². The van der Waals surface area contributed by atoms with Crippen LogP contribution in [-0.4, -0.2) is 31.4 Å². The van der Waals surface area contributed by atoms with E-state index in [2.05, 4.69) is 15.5 Å². The van der Waals surface area contributed by atoms with Crippen LogP contribution in [-0.2, 0) is 12.8 Å². The van der Waals surface area contributed by atoms with E-state index in [1.165, 1.54) is 16.8 Å². The lowest BCUT2D eigenvalue weighted by molar-refractivity contribution is 0.0992. The number of nitrogens with one attached hydrogen (secondary N) is 1. The average molecular weight is 430 g/mol. The Morgan fingerprint density at radius 2 is 1.78 bits per heavy atom. The third-order valence-corrected chi connectivity index (χ3v) is 5.46. The summed E-state index contributed by atoms with van der Waals surface area (Å²) in [5, 5.41) is 11.4. The van der Waals surface area contributed by atoms with Gasteiger partial charge in [-0.2, -0.15) is 10.2 Å². The molecule has 0 saturated carbocycles. The van der Waals surface area contributed by atoms with Gasteiger partial charge >= 0.3 is 0 Å². The fourth-order valence-corrected chi connectivity index (χ4v) is 3.93. The van der Waals surface area contributed by atoms with E-state index in [1.54, 1.807) is 53.3 Å². The van der Waals surface area contributed by atoms with Crippen molar-refractivity contribution in [2.45, 2.75) is 19.3 Å². The third kappa shape index (κ3) is 3.43. The van der Waals surface area contributed by atoms with Gasteiger partial charge in [0, 0.05) is 23.1 Å². The summed E-state index contributed by atoms with van der Waals surface area (Å²) in [7, 11) is 0. The van der Waals surface area contributed by atoms with Crippen LogP contribution in [0.15, 0.2) is 60.8 Å². The number of halogens is 1. The first-order chi connectivity index (χ1) is 15.5. The Bertz CT molecular complexity index is 1340. The van der Waals surface area contributed by atoms with E-state index >= 15 is 0 Å². The Morgan fingerprint density at radius 1 is 1.00 bits per heavy atom. The molecule has 32 heavy (non-hydrogen) atoms. The van der Waals surface area contributed by atoms with Gasteiger partial charge in [0.15, 0.2) is 5.69 Å². The van der Waals surface area contributed by atoms with Gasteiger partial charge < -0.3 is 11.1 Å². The van der Waals surface area contributed by atoms with Crippen LogP contribution in [0.5, 0.6) is 0 Å². The molecule has 0 atom stereocenters. The number of amides is 2. The molecule has 2 heterocycles. The Labute approximate surface area is 182 Å². The van der Waals surface area contributed by atoms with Crippen LogP contribution in [0.4, 0.5) is 10.1 Å². The van der Waals surface area contributed by atoms with Crippen LogP contribution in [0.2, 0.25) is 0 Å². The van der Waals surface area contributed by atoms with Gasteiger partial charge in [-0.15, -0.1) is 0 Å². The van der Waals surface area contributed by atoms with E-state index in [0.29, 0.717) is 22.8 Å². The topological polar surface area (TPSA) is 108 Å². The summed E-state index contributed by atoms with van der Waals surface area (Å²) in [6.45, 7) is 0. The summed E-state index contributed by atoms with van der Waals surface area (Å²) in [4.78, 5) is 24.2. The average Bonchev–Trinajstić information content (AvgIpc) is 3.52. The van der Waals surface area contributed by atoms with Gasteiger partial charge in [0.1, 0.15) is 17.2 Å². The minimum atomic E-state index is -0.602. The second-order valence-electron chi connectivity index (χ2n) is 7.50. The molecule has 160 valence electrons. The van der Waals surface area contributed by atoms with Gasteiger partial charge in [-0.25, -0.2) is 13.8 Å². The first-order valence-corrected chi connectivity index (χ1v) is 10.1. The van der Waals surface area contributed by atoms with Gasteiger partial charge in [-0.1, -0.05) is 12.1 Å². The largest absolute Gasteiger partial charge is 0.364 e. The molecular weight excluding hydrogens is 411 g/mol. The summed E-state index contributed by atoms with van der Waals surface area (Å²) in [5.74, 6) is -1.33. The maximum Gasteiger partial charge on any atom is 0.276 e. The maximum absolute atomic E-state index is 14.3. The quantitative estimate of drug-likeness (QED) is 0.507. The number of anilines is 1. The van der Waals surface area contributed by atoms with Crippen molar-refractivity contribution in [2.75, 3.05) is 5.32 Å². The zero-order chi connectivity index (χ0) is 22.2. The van der Waals surface area contributed by atoms with Crippen molar-refractivity contribution in [3.8, 4) is 11.4 Å². The van der Waals surface area contributed by atoms with Crippen molar-refractivity contribution in [1.29, 1.82) is 0 Å². The molecule has 2 aromatic heterocycles. The summed E-state index contributed by atoms with van der Waals surface area (Å²) < 4.78 is 17.4. The van der Waals surface area contributed by atoms with Crippen LogP contribution >= 0.6 is 0 Å². The maximum atomic E-state index is 14.3. The standard InChI is InChI=1S/C23H19FN6O2/c24-17-5-1-2-6-20(17)30-19-7-3-4-16(19)21(28-30)23(32)26-14-8-10-15(11-9-14)29-13-12-18(27-29)22(25)31/h1-2,5-6,8-13H,3-4,7H2,(H2,25,31)(H,26,32). The van der Waals surface area contributed by atoms with Crippen LogP contribution < -0.4 is 11.1 Å². The smallest absolute Gasteiger partial charge is 0.276 e. The Morgan fingerprint density at radius 3 is 2.50 bits per heavy atom. The van der Waals surface area contributed by atoms with Crippen molar-refractivity contribution < 1.29 is 14.0 Å². The Balaban J connectivity index is 1.39.